The number of primary amides is 1. The molecule has 2 heterocycles. The van der Waals surface area contributed by atoms with Crippen molar-refractivity contribution in [3.05, 3.63) is 47.1 Å². The lowest BCUT2D eigenvalue weighted by molar-refractivity contribution is 0.0714. The fourth-order valence-electron chi connectivity index (χ4n) is 2.82. The van der Waals surface area contributed by atoms with Gasteiger partial charge in [-0.3, -0.25) is 14.6 Å². The fourth-order valence-corrected chi connectivity index (χ4v) is 2.82. The number of nitrogens with zero attached hydrogens (tertiary/aromatic N) is 4. The van der Waals surface area contributed by atoms with Crippen LogP contribution in [0.15, 0.2) is 28.8 Å². The molecule has 1 aromatic heterocycles. The van der Waals surface area contributed by atoms with Gasteiger partial charge in [0.25, 0.3) is 0 Å². The lowest BCUT2D eigenvalue weighted by Crippen LogP contribution is -2.46. The van der Waals surface area contributed by atoms with E-state index in [0.717, 1.165) is 31.7 Å². The summed E-state index contributed by atoms with van der Waals surface area (Å²) in [7, 11) is 2.07. The van der Waals surface area contributed by atoms with Crippen LogP contribution >= 0.6 is 0 Å². The van der Waals surface area contributed by atoms with E-state index in [1.165, 1.54) is 0 Å². The Morgan fingerprint density at radius 2 is 2.09 bits per heavy atom. The Morgan fingerprint density at radius 3 is 2.70 bits per heavy atom. The molecule has 3 rings (SSSR count). The molecule has 122 valence electrons. The highest BCUT2D eigenvalue weighted by atomic mass is 16.5. The van der Waals surface area contributed by atoms with Crippen molar-refractivity contribution in [1.82, 2.24) is 19.9 Å². The molecule has 1 unspecified atom stereocenters. The lowest BCUT2D eigenvalue weighted by Gasteiger charge is -2.37. The predicted octanol–water partition coefficient (Wildman–Crippen LogP) is 0.966. The standard InChI is InChI=1S/C16H21N5O2/c1-11-18-16(23-19-11)14-10-21(8-7-20(14)2)9-12-3-5-13(6-4-12)15(17)22/h3-6,14H,7-10H2,1-2H3,(H2,17,22). The molecule has 7 nitrogen and oxygen atoms in total. The third-order valence-electron chi connectivity index (χ3n) is 4.21. The van der Waals surface area contributed by atoms with Crippen molar-refractivity contribution in [2.75, 3.05) is 26.7 Å². The number of carbonyl (C=O) groups excluding carboxylic acids is 1. The summed E-state index contributed by atoms with van der Waals surface area (Å²) in [6.07, 6.45) is 0. The van der Waals surface area contributed by atoms with Gasteiger partial charge in [-0.1, -0.05) is 17.3 Å². The summed E-state index contributed by atoms with van der Waals surface area (Å²) >= 11 is 0. The maximum absolute atomic E-state index is 11.1. The molecular weight excluding hydrogens is 294 g/mol. The van der Waals surface area contributed by atoms with Gasteiger partial charge in [-0.25, -0.2) is 0 Å². The minimum Gasteiger partial charge on any atom is -0.366 e. The quantitative estimate of drug-likeness (QED) is 0.904. The Bertz CT molecular complexity index is 682. The second-order valence-electron chi connectivity index (χ2n) is 5.97. The molecule has 0 aliphatic carbocycles. The number of amides is 1. The minimum absolute atomic E-state index is 0.106. The smallest absolute Gasteiger partial charge is 0.248 e. The van der Waals surface area contributed by atoms with E-state index in [-0.39, 0.29) is 6.04 Å². The van der Waals surface area contributed by atoms with Crippen LogP contribution in [0.4, 0.5) is 0 Å². The van der Waals surface area contributed by atoms with Crippen LogP contribution in [-0.2, 0) is 6.54 Å². The fraction of sp³-hybridized carbons (Fsp3) is 0.438. The highest BCUT2D eigenvalue weighted by molar-refractivity contribution is 5.92. The van der Waals surface area contributed by atoms with Crippen LogP contribution in [0.1, 0.15) is 33.7 Å². The molecule has 0 saturated carbocycles. The van der Waals surface area contributed by atoms with E-state index < -0.39 is 5.91 Å². The first kappa shape index (κ1) is 15.6. The zero-order chi connectivity index (χ0) is 16.4. The van der Waals surface area contributed by atoms with Crippen molar-refractivity contribution >= 4 is 5.91 Å². The van der Waals surface area contributed by atoms with Crippen molar-refractivity contribution in [2.45, 2.75) is 19.5 Å². The molecular formula is C16H21N5O2. The summed E-state index contributed by atoms with van der Waals surface area (Å²) in [6, 6.07) is 7.54. The monoisotopic (exact) mass is 315 g/mol. The Labute approximate surface area is 135 Å². The Hall–Kier alpha value is -2.25. The highest BCUT2D eigenvalue weighted by Crippen LogP contribution is 2.23. The summed E-state index contributed by atoms with van der Waals surface area (Å²) < 4.78 is 5.33. The lowest BCUT2D eigenvalue weighted by atomic mass is 10.1. The Balaban J connectivity index is 1.67. The minimum atomic E-state index is -0.400. The van der Waals surface area contributed by atoms with Crippen LogP contribution in [0.5, 0.6) is 0 Å². The van der Waals surface area contributed by atoms with Gasteiger partial charge >= 0.3 is 0 Å². The van der Waals surface area contributed by atoms with Gasteiger partial charge < -0.3 is 10.3 Å². The molecule has 1 atom stereocenters. The first-order chi connectivity index (χ1) is 11.0. The highest BCUT2D eigenvalue weighted by Gasteiger charge is 2.29. The largest absolute Gasteiger partial charge is 0.366 e. The topological polar surface area (TPSA) is 88.5 Å². The maximum Gasteiger partial charge on any atom is 0.248 e. The van der Waals surface area contributed by atoms with Crippen molar-refractivity contribution < 1.29 is 9.32 Å². The number of hydrogen-bond acceptors (Lipinski definition) is 6. The van der Waals surface area contributed by atoms with E-state index in [1.807, 2.05) is 19.1 Å². The molecule has 0 bridgehead atoms. The normalized spacial score (nSPS) is 19.8. The average molecular weight is 315 g/mol. The third-order valence-corrected chi connectivity index (χ3v) is 4.21. The van der Waals surface area contributed by atoms with Crippen LogP contribution in [0.25, 0.3) is 0 Å². The van der Waals surface area contributed by atoms with Crippen LogP contribution in [0.2, 0.25) is 0 Å². The molecule has 1 aliphatic rings. The second kappa shape index (κ2) is 6.47. The van der Waals surface area contributed by atoms with Crippen molar-refractivity contribution in [3.63, 3.8) is 0 Å². The number of hydrogen-bond donors (Lipinski definition) is 1. The number of piperazine rings is 1. The zero-order valence-electron chi connectivity index (χ0n) is 13.4. The van der Waals surface area contributed by atoms with Gasteiger partial charge in [0.05, 0.1) is 0 Å². The zero-order valence-corrected chi connectivity index (χ0v) is 13.4. The van der Waals surface area contributed by atoms with Crippen LogP contribution in [0, 0.1) is 6.92 Å². The van der Waals surface area contributed by atoms with Gasteiger partial charge in [0.2, 0.25) is 11.8 Å². The first-order valence-electron chi connectivity index (χ1n) is 7.64. The number of aryl methyl sites for hydroxylation is 1. The predicted molar refractivity (Wildman–Crippen MR) is 84.6 cm³/mol. The van der Waals surface area contributed by atoms with E-state index in [9.17, 15) is 4.79 Å². The SMILES string of the molecule is Cc1noc(C2CN(Cc3ccc(C(N)=O)cc3)CCN2C)n1. The van der Waals surface area contributed by atoms with E-state index >= 15 is 0 Å². The van der Waals surface area contributed by atoms with Gasteiger partial charge in [0, 0.05) is 31.7 Å². The summed E-state index contributed by atoms with van der Waals surface area (Å²) in [5.41, 5.74) is 6.96. The number of benzene rings is 1. The van der Waals surface area contributed by atoms with Crippen LogP contribution in [-0.4, -0.2) is 52.5 Å². The Morgan fingerprint density at radius 1 is 1.35 bits per heavy atom. The van der Waals surface area contributed by atoms with Crippen molar-refractivity contribution in [2.24, 2.45) is 5.73 Å². The molecule has 1 saturated heterocycles. The van der Waals surface area contributed by atoms with Gasteiger partial charge in [0.15, 0.2) is 5.82 Å². The molecule has 1 aromatic carbocycles. The molecule has 7 heteroatoms. The molecule has 1 aliphatic heterocycles. The molecule has 23 heavy (non-hydrogen) atoms. The number of nitrogens with two attached hydrogens (primary N) is 1. The average Bonchev–Trinajstić information content (AvgIpc) is 2.96. The molecule has 0 radical (unpaired) electrons. The summed E-state index contributed by atoms with van der Waals surface area (Å²) in [6.45, 7) is 5.38. The number of rotatable bonds is 4. The number of likely N-dealkylation sites (N-methyl/N-ethyl adjacent to an activating group) is 1. The maximum atomic E-state index is 11.1. The molecule has 2 aromatic rings. The number of aromatic nitrogens is 2. The van der Waals surface area contributed by atoms with Crippen molar-refractivity contribution in [1.29, 1.82) is 0 Å². The second-order valence-corrected chi connectivity index (χ2v) is 5.97. The number of carbonyl (C=O) groups is 1. The van der Waals surface area contributed by atoms with Gasteiger partial charge in [-0.05, 0) is 31.7 Å². The first-order valence-corrected chi connectivity index (χ1v) is 7.64. The van der Waals surface area contributed by atoms with E-state index in [1.54, 1.807) is 12.1 Å². The molecule has 2 N–H and O–H groups in total. The Kier molecular flexibility index (Phi) is 4.40. The van der Waals surface area contributed by atoms with Gasteiger partial charge in [0.1, 0.15) is 6.04 Å². The van der Waals surface area contributed by atoms with E-state index in [4.69, 9.17) is 10.3 Å². The summed E-state index contributed by atoms with van der Waals surface area (Å²) in [4.78, 5) is 20.1. The van der Waals surface area contributed by atoms with Crippen LogP contribution < -0.4 is 5.73 Å². The summed E-state index contributed by atoms with van der Waals surface area (Å²) in [5.74, 6) is 0.925. The van der Waals surface area contributed by atoms with E-state index in [0.29, 0.717) is 17.3 Å². The van der Waals surface area contributed by atoms with Crippen LogP contribution in [0.3, 0.4) is 0 Å². The summed E-state index contributed by atoms with van der Waals surface area (Å²) in [5, 5.41) is 3.89. The van der Waals surface area contributed by atoms with Gasteiger partial charge in [-0.15, -0.1) is 0 Å². The molecule has 0 spiro atoms. The van der Waals surface area contributed by atoms with Crippen molar-refractivity contribution in [3.8, 4) is 0 Å². The van der Waals surface area contributed by atoms with Gasteiger partial charge in [-0.2, -0.15) is 4.98 Å². The molecule has 1 fully saturated rings. The third kappa shape index (κ3) is 3.57. The van der Waals surface area contributed by atoms with E-state index in [2.05, 4.69) is 27.0 Å². The molecule has 1 amide bonds.